The molecule has 0 spiro atoms. The van der Waals surface area contributed by atoms with Crippen LogP contribution in [0.25, 0.3) is 0 Å². The summed E-state index contributed by atoms with van der Waals surface area (Å²) in [7, 11) is -0.363. The van der Waals surface area contributed by atoms with Crippen molar-refractivity contribution >= 4 is 24.2 Å². The number of hydrogen-bond acceptors (Lipinski definition) is 4. The highest BCUT2D eigenvalue weighted by atomic mass is 19.1. The number of carbonyl (C=O) groups excluding carboxylic acids is 1. The van der Waals surface area contributed by atoms with Crippen LogP contribution < -0.4 is 10.4 Å². The second kappa shape index (κ2) is 6.21. The number of piperazine rings is 1. The second-order valence-corrected chi connectivity index (χ2v) is 8.92. The Bertz CT molecular complexity index is 709. The van der Waals surface area contributed by atoms with E-state index in [1.165, 1.54) is 0 Å². The van der Waals surface area contributed by atoms with E-state index in [1.54, 1.807) is 4.90 Å². The molecule has 2 aliphatic heterocycles. The molecule has 4 rings (SSSR count). The van der Waals surface area contributed by atoms with Crippen molar-refractivity contribution in [3.8, 4) is 0 Å². The van der Waals surface area contributed by atoms with Crippen LogP contribution in [0, 0.1) is 0 Å². The van der Waals surface area contributed by atoms with Crippen LogP contribution in [0.3, 0.4) is 0 Å². The summed E-state index contributed by atoms with van der Waals surface area (Å²) >= 11 is 0. The number of amides is 1. The standard InChI is InChI=1S/C20H28BFN2O3/c1-18(2)19(3,4)27-21(26-18)15-5-7-16(8-6-15)23-11-13-24(14-12-23)17(25)20(22)9-10-20/h5-8H,9-14H2,1-4H3. The lowest BCUT2D eigenvalue weighted by molar-refractivity contribution is -0.138. The fourth-order valence-electron chi connectivity index (χ4n) is 3.60. The van der Waals surface area contributed by atoms with E-state index in [0.717, 1.165) is 24.2 Å². The van der Waals surface area contributed by atoms with Crippen LogP contribution in [0.4, 0.5) is 10.1 Å². The van der Waals surface area contributed by atoms with Gasteiger partial charge in [0.1, 0.15) is 0 Å². The Labute approximate surface area is 160 Å². The topological polar surface area (TPSA) is 42.0 Å². The number of nitrogens with zero attached hydrogens (tertiary/aromatic N) is 2. The number of halogens is 1. The molecule has 27 heavy (non-hydrogen) atoms. The van der Waals surface area contributed by atoms with Gasteiger partial charge in [0, 0.05) is 31.9 Å². The van der Waals surface area contributed by atoms with Crippen LogP contribution in [-0.4, -0.2) is 61.0 Å². The van der Waals surface area contributed by atoms with Crippen molar-refractivity contribution in [2.24, 2.45) is 0 Å². The third-order valence-corrected chi connectivity index (χ3v) is 6.42. The monoisotopic (exact) mass is 374 g/mol. The maximum Gasteiger partial charge on any atom is 0.494 e. The van der Waals surface area contributed by atoms with Gasteiger partial charge in [0.2, 0.25) is 0 Å². The van der Waals surface area contributed by atoms with E-state index >= 15 is 0 Å². The maximum absolute atomic E-state index is 14.0. The first kappa shape index (κ1) is 18.8. The molecule has 146 valence electrons. The average Bonchev–Trinajstić information content (AvgIpc) is 3.34. The minimum absolute atomic E-state index is 0.321. The van der Waals surface area contributed by atoms with E-state index in [1.807, 2.05) is 39.8 Å². The number of carbonyl (C=O) groups is 1. The minimum atomic E-state index is -1.56. The number of anilines is 1. The lowest BCUT2D eigenvalue weighted by Crippen LogP contribution is -2.51. The third-order valence-electron chi connectivity index (χ3n) is 6.42. The minimum Gasteiger partial charge on any atom is -0.399 e. The molecule has 1 aromatic rings. The van der Waals surface area contributed by atoms with E-state index in [4.69, 9.17) is 9.31 Å². The Hall–Kier alpha value is -1.60. The summed E-state index contributed by atoms with van der Waals surface area (Å²) in [6, 6.07) is 8.20. The number of hydrogen-bond donors (Lipinski definition) is 0. The van der Waals surface area contributed by atoms with Gasteiger partial charge in [-0.15, -0.1) is 0 Å². The van der Waals surface area contributed by atoms with E-state index in [0.29, 0.717) is 25.9 Å². The summed E-state index contributed by atoms with van der Waals surface area (Å²) < 4.78 is 26.2. The zero-order valence-electron chi connectivity index (χ0n) is 16.6. The van der Waals surface area contributed by atoms with Gasteiger partial charge in [-0.05, 0) is 58.1 Å². The van der Waals surface area contributed by atoms with Gasteiger partial charge in [0.25, 0.3) is 5.91 Å². The Kier molecular flexibility index (Phi) is 4.31. The molecule has 3 fully saturated rings. The fourth-order valence-corrected chi connectivity index (χ4v) is 3.60. The van der Waals surface area contributed by atoms with Gasteiger partial charge in [-0.3, -0.25) is 4.79 Å². The highest BCUT2D eigenvalue weighted by Crippen LogP contribution is 2.41. The van der Waals surface area contributed by atoms with Crippen LogP contribution in [0.5, 0.6) is 0 Å². The van der Waals surface area contributed by atoms with Crippen molar-refractivity contribution in [1.82, 2.24) is 4.90 Å². The molecular formula is C20H28BFN2O3. The molecule has 1 amide bonds. The number of alkyl halides is 1. The second-order valence-electron chi connectivity index (χ2n) is 8.92. The van der Waals surface area contributed by atoms with Gasteiger partial charge >= 0.3 is 7.12 Å². The summed E-state index contributed by atoms with van der Waals surface area (Å²) in [5, 5.41) is 0. The first-order chi connectivity index (χ1) is 12.6. The quantitative estimate of drug-likeness (QED) is 0.761. The van der Waals surface area contributed by atoms with Gasteiger partial charge in [0.05, 0.1) is 11.2 Å². The molecule has 0 N–H and O–H groups in total. The molecule has 0 radical (unpaired) electrons. The number of rotatable bonds is 3. The third kappa shape index (κ3) is 3.36. The summed E-state index contributed by atoms with van der Waals surface area (Å²) in [5.74, 6) is -0.321. The summed E-state index contributed by atoms with van der Waals surface area (Å²) in [5.41, 5.74) is -0.168. The smallest absolute Gasteiger partial charge is 0.399 e. The van der Waals surface area contributed by atoms with Gasteiger partial charge < -0.3 is 19.1 Å². The van der Waals surface area contributed by atoms with Crippen molar-refractivity contribution in [2.75, 3.05) is 31.1 Å². The fraction of sp³-hybridized carbons (Fsp3) is 0.650. The average molecular weight is 374 g/mol. The molecule has 0 bridgehead atoms. The lowest BCUT2D eigenvalue weighted by Gasteiger charge is -2.36. The zero-order chi connectivity index (χ0) is 19.4. The Morgan fingerprint density at radius 1 is 0.963 bits per heavy atom. The normalized spacial score (nSPS) is 25.6. The van der Waals surface area contributed by atoms with Crippen LogP contribution in [0.2, 0.25) is 0 Å². The molecule has 2 heterocycles. The molecule has 0 atom stereocenters. The van der Waals surface area contributed by atoms with Crippen molar-refractivity contribution in [3.63, 3.8) is 0 Å². The van der Waals surface area contributed by atoms with E-state index in [9.17, 15) is 9.18 Å². The number of benzene rings is 1. The molecular weight excluding hydrogens is 346 g/mol. The summed E-state index contributed by atoms with van der Waals surface area (Å²) in [6.45, 7) is 10.8. The molecule has 1 aromatic carbocycles. The van der Waals surface area contributed by atoms with Crippen molar-refractivity contribution in [3.05, 3.63) is 24.3 Å². The maximum atomic E-state index is 14.0. The predicted octanol–water partition coefficient (Wildman–Crippen LogP) is 2.14. The van der Waals surface area contributed by atoms with Gasteiger partial charge in [0.15, 0.2) is 5.67 Å². The summed E-state index contributed by atoms with van der Waals surface area (Å²) in [6.07, 6.45) is 0.763. The molecule has 1 saturated carbocycles. The van der Waals surface area contributed by atoms with Crippen molar-refractivity contribution in [1.29, 1.82) is 0 Å². The zero-order valence-corrected chi connectivity index (χ0v) is 16.6. The SMILES string of the molecule is CC1(C)OB(c2ccc(N3CCN(C(=O)C4(F)CC4)CC3)cc2)OC1(C)C. The molecule has 7 heteroatoms. The molecule has 0 unspecified atom stereocenters. The van der Waals surface area contributed by atoms with Crippen molar-refractivity contribution < 1.29 is 18.5 Å². The summed E-state index contributed by atoms with van der Waals surface area (Å²) in [4.78, 5) is 16.0. The predicted molar refractivity (Wildman–Crippen MR) is 104 cm³/mol. The highest BCUT2D eigenvalue weighted by molar-refractivity contribution is 6.62. The van der Waals surface area contributed by atoms with Crippen LogP contribution in [0.1, 0.15) is 40.5 Å². The van der Waals surface area contributed by atoms with Crippen molar-refractivity contribution in [2.45, 2.75) is 57.4 Å². The van der Waals surface area contributed by atoms with Gasteiger partial charge in [-0.25, -0.2) is 4.39 Å². The van der Waals surface area contributed by atoms with E-state index < -0.39 is 5.67 Å². The van der Waals surface area contributed by atoms with Gasteiger partial charge in [-0.1, -0.05) is 12.1 Å². The first-order valence-electron chi connectivity index (χ1n) is 9.80. The first-order valence-corrected chi connectivity index (χ1v) is 9.80. The molecule has 2 saturated heterocycles. The molecule has 3 aliphatic rings. The largest absolute Gasteiger partial charge is 0.494 e. The Balaban J connectivity index is 1.37. The lowest BCUT2D eigenvalue weighted by atomic mass is 9.79. The molecule has 1 aliphatic carbocycles. The van der Waals surface area contributed by atoms with E-state index in [2.05, 4.69) is 17.0 Å². The van der Waals surface area contributed by atoms with Crippen LogP contribution in [-0.2, 0) is 14.1 Å². The molecule has 5 nitrogen and oxygen atoms in total. The Morgan fingerprint density at radius 2 is 1.48 bits per heavy atom. The van der Waals surface area contributed by atoms with Gasteiger partial charge in [-0.2, -0.15) is 0 Å². The van der Waals surface area contributed by atoms with E-state index in [-0.39, 0.29) is 24.2 Å². The molecule has 0 aromatic heterocycles. The highest BCUT2D eigenvalue weighted by Gasteiger charge is 2.53. The van der Waals surface area contributed by atoms with Crippen LogP contribution in [0.15, 0.2) is 24.3 Å². The Morgan fingerprint density at radius 3 is 1.96 bits per heavy atom. The van der Waals surface area contributed by atoms with Crippen LogP contribution >= 0.6 is 0 Å².